The van der Waals surface area contributed by atoms with E-state index in [0.717, 1.165) is 25.0 Å². The first-order chi connectivity index (χ1) is 7.89. The topological polar surface area (TPSA) is 9.23 Å². The van der Waals surface area contributed by atoms with E-state index in [9.17, 15) is 13.2 Å². The van der Waals surface area contributed by atoms with Crippen LogP contribution in [-0.4, -0.2) is 5.60 Å². The van der Waals surface area contributed by atoms with E-state index in [1.165, 1.54) is 0 Å². The van der Waals surface area contributed by atoms with E-state index in [1.807, 2.05) is 6.92 Å². The van der Waals surface area contributed by atoms with Gasteiger partial charge in [-0.25, -0.2) is 13.2 Å². The Labute approximate surface area is 98.6 Å². The molecule has 1 nitrogen and oxygen atoms in total. The molecule has 0 amide bonds. The molecule has 1 aliphatic rings. The minimum Gasteiger partial charge on any atom is -0.371 e. The Morgan fingerprint density at radius 1 is 1.24 bits per heavy atom. The monoisotopic (exact) mass is 244 g/mol. The molecule has 0 bridgehead atoms. The van der Waals surface area contributed by atoms with Crippen LogP contribution in [0.25, 0.3) is 0 Å². The fraction of sp³-hybridized carbons (Fsp3) is 0.538. The molecule has 0 unspecified atom stereocenters. The van der Waals surface area contributed by atoms with Crippen molar-refractivity contribution in [3.05, 3.63) is 35.1 Å². The van der Waals surface area contributed by atoms with Crippen molar-refractivity contribution in [3.63, 3.8) is 0 Å². The summed E-state index contributed by atoms with van der Waals surface area (Å²) in [5.74, 6) is -3.15. The van der Waals surface area contributed by atoms with Crippen LogP contribution in [0.15, 0.2) is 12.1 Å². The average Bonchev–Trinajstić information content (AvgIpc) is 2.21. The van der Waals surface area contributed by atoms with Crippen molar-refractivity contribution in [1.82, 2.24) is 0 Å². The molecule has 0 heterocycles. The fourth-order valence-corrected chi connectivity index (χ4v) is 2.48. The zero-order valence-corrected chi connectivity index (χ0v) is 9.90. The molecule has 4 heteroatoms. The molecule has 0 radical (unpaired) electrons. The predicted molar refractivity (Wildman–Crippen MR) is 57.9 cm³/mol. The average molecular weight is 244 g/mol. The SMILES string of the molecule is C[C@H]1C[C@@](C)(OCc2cc(F)c(F)c(F)c2)C1. The second kappa shape index (κ2) is 4.33. The number of hydrogen-bond donors (Lipinski definition) is 0. The quantitative estimate of drug-likeness (QED) is 0.735. The largest absolute Gasteiger partial charge is 0.371 e. The lowest BCUT2D eigenvalue weighted by atomic mass is 9.73. The van der Waals surface area contributed by atoms with Crippen LogP contribution < -0.4 is 0 Å². The highest BCUT2D eigenvalue weighted by atomic mass is 19.2. The van der Waals surface area contributed by atoms with Gasteiger partial charge in [-0.15, -0.1) is 0 Å². The summed E-state index contributed by atoms with van der Waals surface area (Å²) >= 11 is 0. The molecule has 0 N–H and O–H groups in total. The van der Waals surface area contributed by atoms with Gasteiger partial charge < -0.3 is 4.74 Å². The number of hydrogen-bond acceptors (Lipinski definition) is 1. The number of benzene rings is 1. The number of rotatable bonds is 3. The summed E-state index contributed by atoms with van der Waals surface area (Å²) in [6.07, 6.45) is 1.89. The Hall–Kier alpha value is -1.03. The minimum atomic E-state index is -1.43. The van der Waals surface area contributed by atoms with Gasteiger partial charge >= 0.3 is 0 Å². The van der Waals surface area contributed by atoms with E-state index in [1.54, 1.807) is 0 Å². The second-order valence-electron chi connectivity index (χ2n) is 5.13. The van der Waals surface area contributed by atoms with Crippen LogP contribution in [0.2, 0.25) is 0 Å². The Balaban J connectivity index is 2.00. The first kappa shape index (κ1) is 12.4. The van der Waals surface area contributed by atoms with E-state index in [2.05, 4.69) is 6.92 Å². The van der Waals surface area contributed by atoms with E-state index in [4.69, 9.17) is 4.74 Å². The van der Waals surface area contributed by atoms with Crippen LogP contribution >= 0.6 is 0 Å². The van der Waals surface area contributed by atoms with E-state index in [0.29, 0.717) is 11.5 Å². The van der Waals surface area contributed by atoms with Crippen LogP contribution in [0.4, 0.5) is 13.2 Å². The summed E-state index contributed by atoms with van der Waals surface area (Å²) in [7, 11) is 0. The highest BCUT2D eigenvalue weighted by Gasteiger charge is 2.38. The zero-order valence-electron chi connectivity index (χ0n) is 9.90. The van der Waals surface area contributed by atoms with Crippen molar-refractivity contribution in [2.75, 3.05) is 0 Å². The zero-order chi connectivity index (χ0) is 12.6. The van der Waals surface area contributed by atoms with Crippen molar-refractivity contribution >= 4 is 0 Å². The van der Waals surface area contributed by atoms with E-state index < -0.39 is 17.5 Å². The van der Waals surface area contributed by atoms with Gasteiger partial charge in [-0.2, -0.15) is 0 Å². The van der Waals surface area contributed by atoms with Gasteiger partial charge in [0, 0.05) is 0 Å². The summed E-state index contributed by atoms with van der Waals surface area (Å²) in [6.45, 7) is 4.21. The molecule has 17 heavy (non-hydrogen) atoms. The maximum absolute atomic E-state index is 12.9. The van der Waals surface area contributed by atoms with Gasteiger partial charge in [0.15, 0.2) is 17.5 Å². The van der Waals surface area contributed by atoms with E-state index in [-0.39, 0.29) is 12.2 Å². The Bertz CT molecular complexity index is 402. The lowest BCUT2D eigenvalue weighted by Gasteiger charge is -2.43. The highest BCUT2D eigenvalue weighted by molar-refractivity contribution is 5.18. The Kier molecular flexibility index (Phi) is 3.17. The van der Waals surface area contributed by atoms with Gasteiger partial charge in [0.05, 0.1) is 12.2 Å². The van der Waals surface area contributed by atoms with Gasteiger partial charge in [-0.3, -0.25) is 0 Å². The minimum absolute atomic E-state index is 0.108. The molecule has 1 aromatic rings. The van der Waals surface area contributed by atoms with Crippen LogP contribution in [0, 0.1) is 23.4 Å². The number of ether oxygens (including phenoxy) is 1. The summed E-state index contributed by atoms with van der Waals surface area (Å²) in [4.78, 5) is 0. The number of halogens is 3. The standard InChI is InChI=1S/C13H15F3O/c1-8-5-13(2,6-8)17-7-9-3-10(14)12(16)11(15)4-9/h3-4,8H,5-7H2,1-2H3/t8-,13+. The van der Waals surface area contributed by atoms with Crippen molar-refractivity contribution < 1.29 is 17.9 Å². The van der Waals surface area contributed by atoms with E-state index >= 15 is 0 Å². The molecule has 0 spiro atoms. The van der Waals surface area contributed by atoms with Crippen LogP contribution in [-0.2, 0) is 11.3 Å². The first-order valence-electron chi connectivity index (χ1n) is 5.67. The summed E-state index contributed by atoms with van der Waals surface area (Å²) < 4.78 is 44.2. The fourth-order valence-electron chi connectivity index (χ4n) is 2.48. The van der Waals surface area contributed by atoms with Crippen LogP contribution in [0.5, 0.6) is 0 Å². The van der Waals surface area contributed by atoms with Gasteiger partial charge in [0.1, 0.15) is 0 Å². The molecule has 1 aliphatic carbocycles. The summed E-state index contributed by atoms with van der Waals surface area (Å²) in [5, 5.41) is 0. The maximum atomic E-state index is 12.9. The smallest absolute Gasteiger partial charge is 0.194 e. The lowest BCUT2D eigenvalue weighted by Crippen LogP contribution is -2.42. The molecule has 94 valence electrons. The normalized spacial score (nSPS) is 27.9. The molecule has 1 saturated carbocycles. The van der Waals surface area contributed by atoms with Crippen LogP contribution in [0.1, 0.15) is 32.3 Å². The third-order valence-electron chi connectivity index (χ3n) is 3.19. The highest BCUT2D eigenvalue weighted by Crippen LogP contribution is 2.40. The van der Waals surface area contributed by atoms with Gasteiger partial charge in [0.2, 0.25) is 0 Å². The van der Waals surface area contributed by atoms with Gasteiger partial charge in [-0.1, -0.05) is 6.92 Å². The van der Waals surface area contributed by atoms with Crippen molar-refractivity contribution in [3.8, 4) is 0 Å². The third kappa shape index (κ3) is 2.63. The molecule has 0 aliphatic heterocycles. The molecule has 2 rings (SSSR count). The van der Waals surface area contributed by atoms with Crippen molar-refractivity contribution in [2.45, 2.75) is 38.9 Å². The molecule has 1 aromatic carbocycles. The van der Waals surface area contributed by atoms with Gasteiger partial charge in [-0.05, 0) is 43.4 Å². The first-order valence-corrected chi connectivity index (χ1v) is 5.67. The Morgan fingerprint density at radius 3 is 2.24 bits per heavy atom. The van der Waals surface area contributed by atoms with Gasteiger partial charge in [0.25, 0.3) is 0 Å². The molecule has 0 saturated heterocycles. The van der Waals surface area contributed by atoms with Crippen LogP contribution in [0.3, 0.4) is 0 Å². The molecule has 0 aromatic heterocycles. The molecule has 0 atom stereocenters. The summed E-state index contributed by atoms with van der Waals surface area (Å²) in [5.41, 5.74) is 0.114. The third-order valence-corrected chi connectivity index (χ3v) is 3.19. The maximum Gasteiger partial charge on any atom is 0.194 e. The molecular weight excluding hydrogens is 229 g/mol. The van der Waals surface area contributed by atoms with Crippen molar-refractivity contribution in [2.24, 2.45) is 5.92 Å². The predicted octanol–water partition coefficient (Wildman–Crippen LogP) is 3.81. The second-order valence-corrected chi connectivity index (χ2v) is 5.13. The molecule has 1 fully saturated rings. The van der Waals surface area contributed by atoms with Crippen molar-refractivity contribution in [1.29, 1.82) is 0 Å². The molecular formula is C13H15F3O. The summed E-state index contributed by atoms with van der Waals surface area (Å²) in [6, 6.07) is 1.95. The lowest BCUT2D eigenvalue weighted by molar-refractivity contribution is -0.120. The Morgan fingerprint density at radius 2 is 1.76 bits per heavy atom.